The lowest BCUT2D eigenvalue weighted by molar-refractivity contribution is 0.572. The lowest BCUT2D eigenvalue weighted by Gasteiger charge is -2.23. The number of halogens is 3. The fourth-order valence-corrected chi connectivity index (χ4v) is 4.20. The van der Waals surface area contributed by atoms with Crippen molar-refractivity contribution < 1.29 is 8.78 Å². The van der Waals surface area contributed by atoms with E-state index >= 15 is 0 Å². The fraction of sp³-hybridized carbons (Fsp3) is 0.571. The second-order valence-electron chi connectivity index (χ2n) is 8.16. The van der Waals surface area contributed by atoms with Gasteiger partial charge in [-0.05, 0) is 38.3 Å². The predicted molar refractivity (Wildman–Crippen MR) is 128 cm³/mol. The van der Waals surface area contributed by atoms with Gasteiger partial charge >= 0.3 is 0 Å². The molecule has 1 aromatic carbocycles. The van der Waals surface area contributed by atoms with Crippen LogP contribution in [-0.2, 0) is 13.6 Å². The number of hydrogen-bond donors (Lipinski definition) is 2. The zero-order valence-corrected chi connectivity index (χ0v) is 20.3. The van der Waals surface area contributed by atoms with Gasteiger partial charge in [0.05, 0.1) is 0 Å². The van der Waals surface area contributed by atoms with Gasteiger partial charge in [0.25, 0.3) is 0 Å². The molecule has 1 aliphatic heterocycles. The first kappa shape index (κ1) is 23.7. The molecule has 2 aliphatic rings. The number of nitrogens with zero attached hydrogens (tertiary/aromatic N) is 5. The Morgan fingerprint density at radius 2 is 1.77 bits per heavy atom. The number of aliphatic imine (C=N–C) groups is 1. The van der Waals surface area contributed by atoms with Crippen LogP contribution < -0.4 is 15.5 Å². The highest BCUT2D eigenvalue weighted by Gasteiger charge is 2.28. The molecule has 0 bridgehead atoms. The van der Waals surface area contributed by atoms with Crippen LogP contribution in [0.15, 0.2) is 23.2 Å². The smallest absolute Gasteiger partial charge is 0.192 e. The molecule has 10 heteroatoms. The van der Waals surface area contributed by atoms with E-state index in [-0.39, 0.29) is 35.7 Å². The molecule has 31 heavy (non-hydrogen) atoms. The molecule has 1 saturated heterocycles. The summed E-state index contributed by atoms with van der Waals surface area (Å²) in [6.45, 7) is 3.43. The number of hydrogen-bond acceptors (Lipinski definition) is 4. The number of anilines is 1. The maximum Gasteiger partial charge on any atom is 0.192 e. The SMILES string of the molecule is Cc1nnc(CN=C(NC2CCCC2)NC2CCN(c3c(F)cccc3F)C2)n1C.I. The maximum absolute atomic E-state index is 14.2. The van der Waals surface area contributed by atoms with Crippen LogP contribution in [0.4, 0.5) is 14.5 Å². The maximum atomic E-state index is 14.2. The third-order valence-corrected chi connectivity index (χ3v) is 6.04. The Labute approximate surface area is 198 Å². The fourth-order valence-electron chi connectivity index (χ4n) is 4.20. The second kappa shape index (κ2) is 10.6. The number of guanidine groups is 1. The van der Waals surface area contributed by atoms with Crippen LogP contribution in [0.25, 0.3) is 0 Å². The van der Waals surface area contributed by atoms with E-state index in [1.807, 2.05) is 18.5 Å². The number of benzene rings is 1. The standard InChI is InChI=1S/C21H29F2N7.HI/c1-14-27-28-19(29(14)2)12-24-21(25-15-6-3-4-7-15)26-16-10-11-30(13-16)20-17(22)8-5-9-18(20)23;/h5,8-9,15-16H,3-4,6-7,10-13H2,1-2H3,(H2,24,25,26);1H. The Bertz CT molecular complexity index is 891. The molecule has 1 atom stereocenters. The highest BCUT2D eigenvalue weighted by molar-refractivity contribution is 14.0. The number of aryl methyl sites for hydroxylation is 1. The highest BCUT2D eigenvalue weighted by atomic mass is 127. The average molecular weight is 545 g/mol. The normalized spacial score (nSPS) is 19.5. The molecule has 2 fully saturated rings. The van der Waals surface area contributed by atoms with Gasteiger partial charge in [0.15, 0.2) is 11.8 Å². The number of para-hydroxylation sites is 1. The van der Waals surface area contributed by atoms with Gasteiger partial charge in [0.1, 0.15) is 29.7 Å². The number of aromatic nitrogens is 3. The Hall–Kier alpha value is -1.98. The largest absolute Gasteiger partial charge is 0.365 e. The van der Waals surface area contributed by atoms with Crippen molar-refractivity contribution in [2.24, 2.45) is 12.0 Å². The van der Waals surface area contributed by atoms with E-state index in [1.165, 1.54) is 31.0 Å². The van der Waals surface area contributed by atoms with Crippen molar-refractivity contribution in [3.05, 3.63) is 41.5 Å². The molecule has 1 aliphatic carbocycles. The van der Waals surface area contributed by atoms with Crippen LogP contribution in [0, 0.1) is 18.6 Å². The molecular formula is C21H30F2IN7. The van der Waals surface area contributed by atoms with Gasteiger partial charge in [-0.25, -0.2) is 13.8 Å². The zero-order chi connectivity index (χ0) is 21.1. The van der Waals surface area contributed by atoms with Crippen LogP contribution >= 0.6 is 24.0 Å². The summed E-state index contributed by atoms with van der Waals surface area (Å²) in [6, 6.07) is 4.45. The summed E-state index contributed by atoms with van der Waals surface area (Å²) in [7, 11) is 1.93. The molecule has 7 nitrogen and oxygen atoms in total. The first-order valence-electron chi connectivity index (χ1n) is 10.6. The van der Waals surface area contributed by atoms with Crippen molar-refractivity contribution in [1.82, 2.24) is 25.4 Å². The van der Waals surface area contributed by atoms with Gasteiger partial charge < -0.3 is 20.1 Å². The van der Waals surface area contributed by atoms with E-state index in [9.17, 15) is 8.78 Å². The van der Waals surface area contributed by atoms with Crippen molar-refractivity contribution in [2.45, 2.75) is 57.7 Å². The summed E-state index contributed by atoms with van der Waals surface area (Å²) in [5, 5.41) is 15.3. The van der Waals surface area contributed by atoms with E-state index in [0.717, 1.165) is 36.9 Å². The molecule has 4 rings (SSSR count). The van der Waals surface area contributed by atoms with Gasteiger partial charge in [-0.15, -0.1) is 34.2 Å². The molecule has 170 valence electrons. The van der Waals surface area contributed by atoms with Gasteiger partial charge in [0.2, 0.25) is 0 Å². The first-order valence-corrected chi connectivity index (χ1v) is 10.6. The van der Waals surface area contributed by atoms with E-state index in [1.54, 1.807) is 4.90 Å². The molecule has 2 aromatic rings. The summed E-state index contributed by atoms with van der Waals surface area (Å²) < 4.78 is 30.2. The van der Waals surface area contributed by atoms with Crippen LogP contribution in [0.1, 0.15) is 43.8 Å². The monoisotopic (exact) mass is 545 g/mol. The Morgan fingerprint density at radius 3 is 2.42 bits per heavy atom. The van der Waals surface area contributed by atoms with Gasteiger partial charge in [-0.3, -0.25) is 0 Å². The van der Waals surface area contributed by atoms with E-state index in [0.29, 0.717) is 25.7 Å². The quantitative estimate of drug-likeness (QED) is 0.343. The molecule has 0 radical (unpaired) electrons. The molecule has 0 spiro atoms. The van der Waals surface area contributed by atoms with Crippen LogP contribution in [0.5, 0.6) is 0 Å². The molecule has 1 unspecified atom stereocenters. The summed E-state index contributed by atoms with van der Waals surface area (Å²) in [5.41, 5.74) is 0.0543. The minimum atomic E-state index is -0.522. The Morgan fingerprint density at radius 1 is 1.10 bits per heavy atom. The average Bonchev–Trinajstić information content (AvgIpc) is 3.45. The highest BCUT2D eigenvalue weighted by Crippen LogP contribution is 2.26. The zero-order valence-electron chi connectivity index (χ0n) is 17.9. The summed E-state index contributed by atoms with van der Waals surface area (Å²) >= 11 is 0. The van der Waals surface area contributed by atoms with Crippen molar-refractivity contribution in [3.8, 4) is 0 Å². The minimum absolute atomic E-state index is 0. The van der Waals surface area contributed by atoms with Crippen molar-refractivity contribution in [1.29, 1.82) is 0 Å². The molecule has 2 N–H and O–H groups in total. The van der Waals surface area contributed by atoms with Crippen molar-refractivity contribution in [3.63, 3.8) is 0 Å². The third kappa shape index (κ3) is 5.64. The summed E-state index contributed by atoms with van der Waals surface area (Å²) in [6.07, 6.45) is 5.47. The number of rotatable bonds is 5. The third-order valence-electron chi connectivity index (χ3n) is 6.04. The first-order chi connectivity index (χ1) is 14.5. The number of nitrogens with one attached hydrogen (secondary N) is 2. The minimum Gasteiger partial charge on any atom is -0.365 e. The van der Waals surface area contributed by atoms with Crippen LogP contribution in [-0.4, -0.2) is 45.9 Å². The van der Waals surface area contributed by atoms with Gasteiger partial charge in [-0.1, -0.05) is 18.9 Å². The molecule has 0 amide bonds. The van der Waals surface area contributed by atoms with Crippen LogP contribution in [0.2, 0.25) is 0 Å². The van der Waals surface area contributed by atoms with Gasteiger partial charge in [-0.2, -0.15) is 0 Å². The summed E-state index contributed by atoms with van der Waals surface area (Å²) in [5.74, 6) is 1.32. The lowest BCUT2D eigenvalue weighted by Crippen LogP contribution is -2.47. The Balaban J connectivity index is 0.00000272. The molecular weight excluding hydrogens is 515 g/mol. The molecule has 1 aromatic heterocycles. The van der Waals surface area contributed by atoms with Gasteiger partial charge in [0, 0.05) is 32.2 Å². The molecule has 2 heterocycles. The second-order valence-corrected chi connectivity index (χ2v) is 8.16. The summed E-state index contributed by atoms with van der Waals surface area (Å²) in [4.78, 5) is 6.50. The van der Waals surface area contributed by atoms with Crippen molar-refractivity contribution in [2.75, 3.05) is 18.0 Å². The topological polar surface area (TPSA) is 70.4 Å². The Kier molecular flexibility index (Phi) is 8.06. The van der Waals surface area contributed by atoms with Crippen LogP contribution in [0.3, 0.4) is 0 Å². The van der Waals surface area contributed by atoms with Crippen molar-refractivity contribution >= 4 is 35.6 Å². The van der Waals surface area contributed by atoms with E-state index < -0.39 is 11.6 Å². The van der Waals surface area contributed by atoms with E-state index in [4.69, 9.17) is 4.99 Å². The lowest BCUT2D eigenvalue weighted by atomic mass is 10.2. The van der Waals surface area contributed by atoms with E-state index in [2.05, 4.69) is 20.8 Å². The predicted octanol–water partition coefficient (Wildman–Crippen LogP) is 3.28. The molecule has 1 saturated carbocycles.